The van der Waals surface area contributed by atoms with Gasteiger partial charge in [0.05, 0.1) is 12.1 Å². The first-order valence-corrected chi connectivity index (χ1v) is 10.2. The van der Waals surface area contributed by atoms with Crippen molar-refractivity contribution in [3.63, 3.8) is 0 Å². The number of rotatable bonds is 6. The number of halogens is 3. The third-order valence-electron chi connectivity index (χ3n) is 4.85. The van der Waals surface area contributed by atoms with Crippen LogP contribution in [-0.4, -0.2) is 54.3 Å². The van der Waals surface area contributed by atoms with Gasteiger partial charge in [0.15, 0.2) is 0 Å². The SMILES string of the molecule is O=C(CCN1CCN(C(=O)Cc2ccc(F)cc2)CC1)Nc1ccc(Br)cc1F. The van der Waals surface area contributed by atoms with Crippen molar-refractivity contribution in [2.75, 3.05) is 38.0 Å². The molecule has 3 rings (SSSR count). The highest BCUT2D eigenvalue weighted by Crippen LogP contribution is 2.19. The largest absolute Gasteiger partial charge is 0.340 e. The van der Waals surface area contributed by atoms with E-state index in [0.717, 1.165) is 5.56 Å². The number of hydrogen-bond donors (Lipinski definition) is 1. The van der Waals surface area contributed by atoms with Crippen LogP contribution in [-0.2, 0) is 16.0 Å². The summed E-state index contributed by atoms with van der Waals surface area (Å²) in [7, 11) is 0. The van der Waals surface area contributed by atoms with Crippen molar-refractivity contribution < 1.29 is 18.4 Å². The summed E-state index contributed by atoms with van der Waals surface area (Å²) in [5.74, 6) is -1.04. The lowest BCUT2D eigenvalue weighted by molar-refractivity contribution is -0.132. The molecule has 2 amide bonds. The molecule has 1 aliphatic heterocycles. The second-order valence-corrected chi connectivity index (χ2v) is 7.86. The molecule has 0 aromatic heterocycles. The standard InChI is InChI=1S/C21H22BrF2N3O2/c22-16-3-6-19(18(24)14-16)25-20(28)7-8-26-9-11-27(12-10-26)21(29)13-15-1-4-17(23)5-2-15/h1-6,14H,7-13H2,(H,25,28). The molecule has 2 aromatic rings. The molecule has 0 atom stereocenters. The van der Waals surface area contributed by atoms with Gasteiger partial charge in [0.2, 0.25) is 11.8 Å². The molecular formula is C21H22BrF2N3O2. The fourth-order valence-electron chi connectivity index (χ4n) is 3.17. The number of carbonyl (C=O) groups excluding carboxylic acids is 2. The van der Waals surface area contributed by atoms with Crippen LogP contribution in [0.4, 0.5) is 14.5 Å². The summed E-state index contributed by atoms with van der Waals surface area (Å²) >= 11 is 3.18. The molecule has 1 aliphatic rings. The molecule has 8 heteroatoms. The number of piperazine rings is 1. The van der Waals surface area contributed by atoms with Gasteiger partial charge in [-0.2, -0.15) is 0 Å². The highest BCUT2D eigenvalue weighted by molar-refractivity contribution is 9.10. The summed E-state index contributed by atoms with van der Waals surface area (Å²) < 4.78 is 27.4. The predicted molar refractivity (Wildman–Crippen MR) is 110 cm³/mol. The van der Waals surface area contributed by atoms with E-state index in [1.807, 2.05) is 0 Å². The van der Waals surface area contributed by atoms with Gasteiger partial charge in [-0.25, -0.2) is 8.78 Å². The highest BCUT2D eigenvalue weighted by Gasteiger charge is 2.21. The van der Waals surface area contributed by atoms with Gasteiger partial charge in [-0.1, -0.05) is 28.1 Å². The van der Waals surface area contributed by atoms with Crippen molar-refractivity contribution >= 4 is 33.4 Å². The lowest BCUT2D eigenvalue weighted by Crippen LogP contribution is -2.49. The van der Waals surface area contributed by atoms with E-state index in [-0.39, 0.29) is 36.2 Å². The van der Waals surface area contributed by atoms with Crippen molar-refractivity contribution in [1.82, 2.24) is 9.80 Å². The second-order valence-electron chi connectivity index (χ2n) is 6.95. The average molecular weight is 466 g/mol. The lowest BCUT2D eigenvalue weighted by atomic mass is 10.1. The first-order valence-electron chi connectivity index (χ1n) is 9.40. The van der Waals surface area contributed by atoms with Gasteiger partial charge in [0.1, 0.15) is 11.6 Å². The molecule has 1 N–H and O–H groups in total. The summed E-state index contributed by atoms with van der Waals surface area (Å²) in [4.78, 5) is 28.4. The van der Waals surface area contributed by atoms with E-state index < -0.39 is 5.82 Å². The van der Waals surface area contributed by atoms with Crippen LogP contribution in [0.2, 0.25) is 0 Å². The second kappa shape index (κ2) is 9.93. The Bertz CT molecular complexity index is 869. The van der Waals surface area contributed by atoms with E-state index in [4.69, 9.17) is 0 Å². The Balaban J connectivity index is 1.39. The quantitative estimate of drug-likeness (QED) is 0.710. The molecule has 0 bridgehead atoms. The van der Waals surface area contributed by atoms with Gasteiger partial charge in [0.25, 0.3) is 0 Å². The van der Waals surface area contributed by atoms with Gasteiger partial charge < -0.3 is 10.2 Å². The molecular weight excluding hydrogens is 444 g/mol. The smallest absolute Gasteiger partial charge is 0.227 e. The molecule has 2 aromatic carbocycles. The van der Waals surface area contributed by atoms with Crippen LogP contribution >= 0.6 is 15.9 Å². The minimum absolute atomic E-state index is 0.0136. The molecule has 0 radical (unpaired) electrons. The molecule has 154 valence electrons. The molecule has 0 unspecified atom stereocenters. The van der Waals surface area contributed by atoms with Crippen molar-refractivity contribution in [3.05, 3.63) is 64.1 Å². The lowest BCUT2D eigenvalue weighted by Gasteiger charge is -2.34. The van der Waals surface area contributed by atoms with Crippen molar-refractivity contribution in [3.8, 4) is 0 Å². The van der Waals surface area contributed by atoms with E-state index in [2.05, 4.69) is 26.1 Å². The van der Waals surface area contributed by atoms with E-state index in [1.165, 1.54) is 24.3 Å². The number of hydrogen-bond acceptors (Lipinski definition) is 3. The minimum Gasteiger partial charge on any atom is -0.340 e. The van der Waals surface area contributed by atoms with Crippen molar-refractivity contribution in [2.45, 2.75) is 12.8 Å². The number of amides is 2. The average Bonchev–Trinajstić information content (AvgIpc) is 2.70. The fourth-order valence-corrected chi connectivity index (χ4v) is 3.51. The fraction of sp³-hybridized carbons (Fsp3) is 0.333. The molecule has 5 nitrogen and oxygen atoms in total. The number of nitrogens with one attached hydrogen (secondary N) is 1. The summed E-state index contributed by atoms with van der Waals surface area (Å²) in [5, 5.41) is 2.58. The summed E-state index contributed by atoms with van der Waals surface area (Å²) in [5.41, 5.74) is 0.949. The predicted octanol–water partition coefficient (Wildman–Crippen LogP) is 3.44. The van der Waals surface area contributed by atoms with Crippen molar-refractivity contribution in [2.24, 2.45) is 0 Å². The summed E-state index contributed by atoms with van der Waals surface area (Å²) in [6, 6.07) is 10.4. The van der Waals surface area contributed by atoms with Crippen LogP contribution in [0.15, 0.2) is 46.9 Å². The topological polar surface area (TPSA) is 52.7 Å². The Kier molecular flexibility index (Phi) is 7.33. The number of benzene rings is 2. The molecule has 0 aliphatic carbocycles. The zero-order valence-corrected chi connectivity index (χ0v) is 17.4. The Labute approximate surface area is 176 Å². The zero-order valence-electron chi connectivity index (χ0n) is 15.8. The molecule has 0 saturated carbocycles. The van der Waals surface area contributed by atoms with E-state index in [0.29, 0.717) is 37.2 Å². The van der Waals surface area contributed by atoms with Crippen LogP contribution in [0, 0.1) is 11.6 Å². The number of carbonyl (C=O) groups is 2. The maximum Gasteiger partial charge on any atom is 0.227 e. The first kappa shape index (κ1) is 21.4. The molecule has 0 spiro atoms. The maximum absolute atomic E-state index is 13.8. The Hall–Kier alpha value is -2.32. The molecule has 1 saturated heterocycles. The van der Waals surface area contributed by atoms with E-state index in [9.17, 15) is 18.4 Å². The summed E-state index contributed by atoms with van der Waals surface area (Å²) in [6.07, 6.45) is 0.500. The first-order chi connectivity index (χ1) is 13.9. The Morgan fingerprint density at radius 3 is 2.34 bits per heavy atom. The third kappa shape index (κ3) is 6.33. The number of nitrogens with zero attached hydrogens (tertiary/aromatic N) is 2. The van der Waals surface area contributed by atoms with Gasteiger partial charge in [-0.05, 0) is 35.9 Å². The monoisotopic (exact) mass is 465 g/mol. The minimum atomic E-state index is -0.485. The Morgan fingerprint density at radius 1 is 1.00 bits per heavy atom. The van der Waals surface area contributed by atoms with Gasteiger partial charge in [-0.3, -0.25) is 14.5 Å². The van der Waals surface area contributed by atoms with Crippen molar-refractivity contribution in [1.29, 1.82) is 0 Å². The van der Waals surface area contributed by atoms with E-state index >= 15 is 0 Å². The van der Waals surface area contributed by atoms with E-state index in [1.54, 1.807) is 23.1 Å². The van der Waals surface area contributed by atoms with Crippen LogP contribution in [0.5, 0.6) is 0 Å². The van der Waals surface area contributed by atoms with Crippen LogP contribution in [0.25, 0.3) is 0 Å². The molecule has 29 heavy (non-hydrogen) atoms. The summed E-state index contributed by atoms with van der Waals surface area (Å²) in [6.45, 7) is 3.07. The normalized spacial score (nSPS) is 14.7. The highest BCUT2D eigenvalue weighted by atomic mass is 79.9. The third-order valence-corrected chi connectivity index (χ3v) is 5.35. The van der Waals surface area contributed by atoms with Crippen LogP contribution in [0.3, 0.4) is 0 Å². The zero-order chi connectivity index (χ0) is 20.8. The molecule has 1 fully saturated rings. The maximum atomic E-state index is 13.8. The van der Waals surface area contributed by atoms with Gasteiger partial charge >= 0.3 is 0 Å². The van der Waals surface area contributed by atoms with Gasteiger partial charge in [-0.15, -0.1) is 0 Å². The van der Waals surface area contributed by atoms with Gasteiger partial charge in [0, 0.05) is 43.6 Å². The number of anilines is 1. The van der Waals surface area contributed by atoms with Crippen LogP contribution < -0.4 is 5.32 Å². The van der Waals surface area contributed by atoms with Crippen LogP contribution in [0.1, 0.15) is 12.0 Å². The Morgan fingerprint density at radius 2 is 1.69 bits per heavy atom. The molecule has 1 heterocycles.